The lowest BCUT2D eigenvalue weighted by Crippen LogP contribution is -2.40. The topological polar surface area (TPSA) is 66.5 Å². The molecule has 1 aromatic heterocycles. The Morgan fingerprint density at radius 3 is 2.26 bits per heavy atom. The van der Waals surface area contributed by atoms with Crippen LogP contribution in [0, 0.1) is 6.92 Å². The SMILES string of the molecule is Cc1sc(C(=O)NC(C)(C)C)cc1S(=O)(=O)N(C)C. The summed E-state index contributed by atoms with van der Waals surface area (Å²) in [5.41, 5.74) is -0.352. The minimum Gasteiger partial charge on any atom is -0.347 e. The van der Waals surface area contributed by atoms with Crippen LogP contribution >= 0.6 is 11.3 Å². The largest absolute Gasteiger partial charge is 0.347 e. The molecule has 0 aliphatic rings. The van der Waals surface area contributed by atoms with Crippen LogP contribution in [-0.2, 0) is 10.0 Å². The van der Waals surface area contributed by atoms with Crippen molar-refractivity contribution in [3.05, 3.63) is 15.8 Å². The number of hydrogen-bond donors (Lipinski definition) is 1. The van der Waals surface area contributed by atoms with Crippen molar-refractivity contribution in [2.45, 2.75) is 38.1 Å². The zero-order valence-corrected chi connectivity index (χ0v) is 13.7. The predicted molar refractivity (Wildman–Crippen MR) is 77.1 cm³/mol. The zero-order valence-electron chi connectivity index (χ0n) is 12.1. The number of thiophene rings is 1. The van der Waals surface area contributed by atoms with E-state index in [0.29, 0.717) is 9.75 Å². The van der Waals surface area contributed by atoms with Gasteiger partial charge in [0.2, 0.25) is 10.0 Å². The predicted octanol–water partition coefficient (Wildman–Crippen LogP) is 1.84. The highest BCUT2D eigenvalue weighted by molar-refractivity contribution is 7.89. The molecular formula is C12H20N2O3S2. The Kier molecular flexibility index (Phi) is 4.44. The van der Waals surface area contributed by atoms with Gasteiger partial charge in [-0.2, -0.15) is 0 Å². The molecule has 0 radical (unpaired) electrons. The van der Waals surface area contributed by atoms with Gasteiger partial charge in [0.1, 0.15) is 0 Å². The monoisotopic (exact) mass is 304 g/mol. The number of sulfonamides is 1. The number of carbonyl (C=O) groups excluding carboxylic acids is 1. The van der Waals surface area contributed by atoms with Crippen LogP contribution in [0.5, 0.6) is 0 Å². The van der Waals surface area contributed by atoms with Crippen LogP contribution in [0.1, 0.15) is 35.3 Å². The lowest BCUT2D eigenvalue weighted by Gasteiger charge is -2.19. The third-order valence-corrected chi connectivity index (χ3v) is 5.46. The van der Waals surface area contributed by atoms with E-state index in [4.69, 9.17) is 0 Å². The molecule has 1 aromatic rings. The van der Waals surface area contributed by atoms with Gasteiger partial charge in [0, 0.05) is 24.5 Å². The first-order valence-electron chi connectivity index (χ1n) is 5.80. The molecule has 0 unspecified atom stereocenters. The van der Waals surface area contributed by atoms with Crippen molar-refractivity contribution in [2.75, 3.05) is 14.1 Å². The Bertz CT molecular complexity index is 581. The summed E-state index contributed by atoms with van der Waals surface area (Å²) in [6.07, 6.45) is 0. The number of nitrogens with zero attached hydrogens (tertiary/aromatic N) is 1. The highest BCUT2D eigenvalue weighted by Gasteiger charge is 2.25. The Morgan fingerprint density at radius 1 is 1.32 bits per heavy atom. The third-order valence-electron chi connectivity index (χ3n) is 2.34. The molecule has 19 heavy (non-hydrogen) atoms. The lowest BCUT2D eigenvalue weighted by atomic mass is 10.1. The summed E-state index contributed by atoms with van der Waals surface area (Å²) in [6.45, 7) is 7.34. The second-order valence-corrected chi connectivity index (χ2v) is 8.90. The van der Waals surface area contributed by atoms with E-state index in [1.807, 2.05) is 20.8 Å². The highest BCUT2D eigenvalue weighted by atomic mass is 32.2. The van der Waals surface area contributed by atoms with Crippen LogP contribution in [0.2, 0.25) is 0 Å². The fourth-order valence-corrected chi connectivity index (χ4v) is 3.78. The average molecular weight is 304 g/mol. The van der Waals surface area contributed by atoms with Crippen molar-refractivity contribution in [3.63, 3.8) is 0 Å². The summed E-state index contributed by atoms with van der Waals surface area (Å²) >= 11 is 1.19. The van der Waals surface area contributed by atoms with Crippen molar-refractivity contribution in [3.8, 4) is 0 Å². The molecule has 0 saturated carbocycles. The van der Waals surface area contributed by atoms with E-state index in [9.17, 15) is 13.2 Å². The van der Waals surface area contributed by atoms with Crippen molar-refractivity contribution in [2.24, 2.45) is 0 Å². The molecule has 1 rings (SSSR count). The van der Waals surface area contributed by atoms with Crippen molar-refractivity contribution in [1.82, 2.24) is 9.62 Å². The fraction of sp³-hybridized carbons (Fsp3) is 0.583. The molecule has 0 atom stereocenters. The second kappa shape index (κ2) is 5.22. The quantitative estimate of drug-likeness (QED) is 0.926. The maximum Gasteiger partial charge on any atom is 0.261 e. The molecule has 1 amide bonds. The third kappa shape index (κ3) is 3.77. The van der Waals surface area contributed by atoms with E-state index in [-0.39, 0.29) is 16.3 Å². The number of amides is 1. The summed E-state index contributed by atoms with van der Waals surface area (Å²) in [5, 5.41) is 2.82. The summed E-state index contributed by atoms with van der Waals surface area (Å²) in [4.78, 5) is 13.2. The number of aryl methyl sites for hydroxylation is 1. The summed E-state index contributed by atoms with van der Waals surface area (Å²) < 4.78 is 25.3. The maximum atomic E-state index is 12.1. The number of rotatable bonds is 3. The van der Waals surface area contributed by atoms with E-state index < -0.39 is 10.0 Å². The summed E-state index contributed by atoms with van der Waals surface area (Å²) in [7, 11) is -0.553. The first-order chi connectivity index (χ1) is 8.45. The number of nitrogens with one attached hydrogen (secondary N) is 1. The molecule has 5 nitrogen and oxygen atoms in total. The number of hydrogen-bond acceptors (Lipinski definition) is 4. The van der Waals surface area contributed by atoms with Crippen LogP contribution in [0.15, 0.2) is 11.0 Å². The normalized spacial score (nSPS) is 12.8. The average Bonchev–Trinajstić information content (AvgIpc) is 2.58. The van der Waals surface area contributed by atoms with Gasteiger partial charge in [0.25, 0.3) is 5.91 Å². The van der Waals surface area contributed by atoms with Gasteiger partial charge in [-0.1, -0.05) is 0 Å². The Hall–Kier alpha value is -0.920. The Morgan fingerprint density at radius 2 is 1.84 bits per heavy atom. The summed E-state index contributed by atoms with van der Waals surface area (Å²) in [5.74, 6) is -0.249. The van der Waals surface area contributed by atoms with E-state index in [0.717, 1.165) is 4.31 Å². The lowest BCUT2D eigenvalue weighted by molar-refractivity contribution is 0.0923. The zero-order chi connectivity index (χ0) is 15.0. The van der Waals surface area contributed by atoms with Crippen molar-refractivity contribution < 1.29 is 13.2 Å². The Labute approximate surface area is 118 Å². The smallest absolute Gasteiger partial charge is 0.261 e. The number of carbonyl (C=O) groups is 1. The molecule has 0 aromatic carbocycles. The standard InChI is InChI=1S/C12H20N2O3S2/c1-8-10(19(16,17)14(5)6)7-9(18-8)11(15)13-12(2,3)4/h7H,1-6H3,(H,13,15). The minimum absolute atomic E-state index is 0.196. The van der Waals surface area contributed by atoms with Gasteiger partial charge < -0.3 is 5.32 Å². The molecule has 0 aliphatic heterocycles. The van der Waals surface area contributed by atoms with Gasteiger partial charge in [-0.15, -0.1) is 11.3 Å². The van der Waals surface area contributed by atoms with Crippen LogP contribution in [-0.4, -0.2) is 38.3 Å². The second-order valence-electron chi connectivity index (χ2n) is 5.52. The molecule has 0 spiro atoms. The molecular weight excluding hydrogens is 284 g/mol. The van der Waals surface area contributed by atoms with E-state index in [1.165, 1.54) is 31.5 Å². The molecule has 7 heteroatoms. The maximum absolute atomic E-state index is 12.1. The first-order valence-corrected chi connectivity index (χ1v) is 8.06. The van der Waals surface area contributed by atoms with Crippen LogP contribution in [0.4, 0.5) is 0 Å². The molecule has 0 saturated heterocycles. The molecule has 1 heterocycles. The van der Waals surface area contributed by atoms with Crippen molar-refractivity contribution >= 4 is 27.3 Å². The van der Waals surface area contributed by atoms with E-state index >= 15 is 0 Å². The van der Waals surface area contributed by atoms with E-state index in [1.54, 1.807) is 6.92 Å². The fourth-order valence-electron chi connectivity index (χ4n) is 1.43. The van der Waals surface area contributed by atoms with Gasteiger partial charge in [-0.25, -0.2) is 12.7 Å². The van der Waals surface area contributed by atoms with Gasteiger partial charge in [0.15, 0.2) is 0 Å². The Balaban J connectivity index is 3.15. The summed E-state index contributed by atoms with van der Waals surface area (Å²) in [6, 6.07) is 1.44. The first kappa shape index (κ1) is 16.1. The molecule has 0 fully saturated rings. The van der Waals surface area contributed by atoms with Crippen LogP contribution in [0.25, 0.3) is 0 Å². The highest BCUT2D eigenvalue weighted by Crippen LogP contribution is 2.27. The van der Waals surface area contributed by atoms with Crippen LogP contribution in [0.3, 0.4) is 0 Å². The molecule has 0 bridgehead atoms. The molecule has 0 aliphatic carbocycles. The molecule has 108 valence electrons. The van der Waals surface area contributed by atoms with Crippen molar-refractivity contribution in [1.29, 1.82) is 0 Å². The van der Waals surface area contributed by atoms with Gasteiger partial charge in [-0.3, -0.25) is 4.79 Å². The van der Waals surface area contributed by atoms with Gasteiger partial charge >= 0.3 is 0 Å². The molecule has 1 N–H and O–H groups in total. The van der Waals surface area contributed by atoms with E-state index in [2.05, 4.69) is 5.32 Å². The van der Waals surface area contributed by atoms with Gasteiger partial charge in [0.05, 0.1) is 9.77 Å². The van der Waals surface area contributed by atoms with Gasteiger partial charge in [-0.05, 0) is 33.8 Å². The minimum atomic E-state index is -3.50. The van der Waals surface area contributed by atoms with Crippen LogP contribution < -0.4 is 5.32 Å².